The first-order valence-corrected chi connectivity index (χ1v) is 9.05. The van der Waals surface area contributed by atoms with Crippen LogP contribution in [0.2, 0.25) is 0 Å². The predicted octanol–water partition coefficient (Wildman–Crippen LogP) is 5.09. The second-order valence-electron chi connectivity index (χ2n) is 6.53. The predicted molar refractivity (Wildman–Crippen MR) is 106 cm³/mol. The smallest absolute Gasteiger partial charge is 0.303 e. The Morgan fingerprint density at radius 3 is 1.78 bits per heavy atom. The van der Waals surface area contributed by atoms with Gasteiger partial charge in [-0.15, -0.1) is 0 Å². The van der Waals surface area contributed by atoms with E-state index in [2.05, 4.69) is 30.3 Å². The number of carboxylic acids is 1. The quantitative estimate of drug-likeness (QED) is 0.710. The molecule has 3 heteroatoms. The molecular weight excluding hydrogens is 336 g/mol. The Kier molecular flexibility index (Phi) is 5.51. The van der Waals surface area contributed by atoms with E-state index in [1.807, 2.05) is 54.6 Å². The van der Waals surface area contributed by atoms with Gasteiger partial charge in [-0.2, -0.15) is 0 Å². The molecule has 0 aromatic heterocycles. The highest BCUT2D eigenvalue weighted by atomic mass is 16.4. The van der Waals surface area contributed by atoms with Gasteiger partial charge >= 0.3 is 5.97 Å². The minimum absolute atomic E-state index is 0.222. The third-order valence-corrected chi connectivity index (χ3v) is 4.95. The molecule has 4 rings (SSSR count). The number of aliphatic carboxylic acids is 1. The first-order valence-electron chi connectivity index (χ1n) is 9.05. The summed E-state index contributed by atoms with van der Waals surface area (Å²) in [6.45, 7) is 1.60. The summed E-state index contributed by atoms with van der Waals surface area (Å²) in [4.78, 5) is 22.0. The van der Waals surface area contributed by atoms with Crippen LogP contribution in [0.15, 0.2) is 84.9 Å². The number of fused-ring (bicyclic) bond motifs is 1. The molecule has 0 fully saturated rings. The Hall–Kier alpha value is -3.20. The lowest BCUT2D eigenvalue weighted by molar-refractivity contribution is -0.136. The van der Waals surface area contributed by atoms with Gasteiger partial charge in [0.1, 0.15) is 0 Å². The Bertz CT molecular complexity index is 891. The molecule has 0 radical (unpaired) electrons. The topological polar surface area (TPSA) is 54.4 Å². The molecule has 1 N–H and O–H groups in total. The minimum Gasteiger partial charge on any atom is -0.481 e. The lowest BCUT2D eigenvalue weighted by atomic mass is 9.70. The molecule has 1 aliphatic rings. The van der Waals surface area contributed by atoms with Crippen LogP contribution in [0.3, 0.4) is 0 Å². The van der Waals surface area contributed by atoms with Gasteiger partial charge in [0.2, 0.25) is 0 Å². The van der Waals surface area contributed by atoms with Crippen LogP contribution in [-0.2, 0) is 10.2 Å². The van der Waals surface area contributed by atoms with Crippen molar-refractivity contribution in [1.82, 2.24) is 0 Å². The fourth-order valence-electron chi connectivity index (χ4n) is 3.66. The highest BCUT2D eigenvalue weighted by Gasteiger charge is 2.45. The number of carbonyl (C=O) groups is 2. The van der Waals surface area contributed by atoms with Crippen molar-refractivity contribution in [3.63, 3.8) is 0 Å². The number of hydrogen-bond acceptors (Lipinski definition) is 2. The highest BCUT2D eigenvalue weighted by Crippen LogP contribution is 2.48. The molecule has 0 amide bonds. The van der Waals surface area contributed by atoms with Crippen molar-refractivity contribution in [2.75, 3.05) is 0 Å². The molecule has 136 valence electrons. The van der Waals surface area contributed by atoms with Gasteiger partial charge in [0, 0.05) is 18.4 Å². The second kappa shape index (κ2) is 8.00. The zero-order valence-electron chi connectivity index (χ0n) is 15.3. The normalized spacial score (nSPS) is 14.0. The van der Waals surface area contributed by atoms with Crippen LogP contribution in [0.4, 0.5) is 0 Å². The molecule has 3 aromatic carbocycles. The largest absolute Gasteiger partial charge is 0.481 e. The molecule has 0 bridgehead atoms. The zero-order chi connectivity index (χ0) is 19.3. The van der Waals surface area contributed by atoms with E-state index in [-0.39, 0.29) is 17.6 Å². The van der Waals surface area contributed by atoms with Gasteiger partial charge in [-0.25, -0.2) is 0 Å². The molecule has 0 spiro atoms. The lowest BCUT2D eigenvalue weighted by Gasteiger charge is -2.31. The average Bonchev–Trinajstić information content (AvgIpc) is 3.04. The van der Waals surface area contributed by atoms with E-state index in [1.165, 1.54) is 11.1 Å². The highest BCUT2D eigenvalue weighted by molar-refractivity contribution is 6.03. The van der Waals surface area contributed by atoms with Crippen molar-refractivity contribution in [1.29, 1.82) is 0 Å². The van der Waals surface area contributed by atoms with Gasteiger partial charge in [0.15, 0.2) is 5.78 Å². The maximum atomic E-state index is 12.6. The van der Waals surface area contributed by atoms with Crippen LogP contribution in [-0.4, -0.2) is 16.9 Å². The number of rotatable bonds is 3. The summed E-state index contributed by atoms with van der Waals surface area (Å²) in [6.07, 6.45) is 0.723. The van der Waals surface area contributed by atoms with Crippen molar-refractivity contribution in [3.05, 3.63) is 107 Å². The number of carbonyl (C=O) groups excluding carboxylic acids is 1. The summed E-state index contributed by atoms with van der Waals surface area (Å²) in [5.41, 5.74) is 3.97. The fourth-order valence-corrected chi connectivity index (χ4v) is 3.66. The number of benzene rings is 3. The van der Waals surface area contributed by atoms with E-state index in [0.29, 0.717) is 6.42 Å². The summed E-state index contributed by atoms with van der Waals surface area (Å²) in [6, 6.07) is 28.8. The summed E-state index contributed by atoms with van der Waals surface area (Å²) in [5.74, 6) is -0.520. The number of carboxylic acid groups (broad SMARTS) is 1. The number of Topliss-reactive ketones (excluding diaryl/α,β-unsaturated/α-hetero) is 1. The monoisotopic (exact) mass is 358 g/mol. The van der Waals surface area contributed by atoms with E-state index in [9.17, 15) is 9.59 Å². The van der Waals surface area contributed by atoms with Gasteiger partial charge < -0.3 is 5.11 Å². The number of ketones is 1. The first-order chi connectivity index (χ1) is 13.1. The molecule has 0 saturated carbocycles. The molecule has 0 saturated heterocycles. The maximum Gasteiger partial charge on any atom is 0.303 e. The van der Waals surface area contributed by atoms with Gasteiger partial charge in [0.25, 0.3) is 0 Å². The van der Waals surface area contributed by atoms with Crippen molar-refractivity contribution in [2.45, 2.75) is 25.2 Å². The van der Waals surface area contributed by atoms with Crippen LogP contribution in [0.1, 0.15) is 46.8 Å². The Morgan fingerprint density at radius 1 is 0.852 bits per heavy atom. The maximum absolute atomic E-state index is 12.6. The number of hydrogen-bond donors (Lipinski definition) is 1. The van der Waals surface area contributed by atoms with E-state index < -0.39 is 5.97 Å². The Morgan fingerprint density at radius 2 is 1.30 bits per heavy atom. The van der Waals surface area contributed by atoms with Crippen LogP contribution < -0.4 is 0 Å². The molecular formula is C24H22O3. The van der Waals surface area contributed by atoms with Crippen LogP contribution in [0, 0.1) is 0 Å². The van der Waals surface area contributed by atoms with Crippen LogP contribution in [0.5, 0.6) is 0 Å². The molecule has 0 aliphatic heterocycles. The lowest BCUT2D eigenvalue weighted by Crippen LogP contribution is -2.26. The average molecular weight is 358 g/mol. The molecule has 0 atom stereocenters. The van der Waals surface area contributed by atoms with E-state index in [4.69, 9.17) is 5.11 Å². The van der Waals surface area contributed by atoms with Gasteiger partial charge in [0.05, 0.1) is 5.41 Å². The third kappa shape index (κ3) is 3.54. The summed E-state index contributed by atoms with van der Waals surface area (Å²) < 4.78 is 0. The zero-order valence-corrected chi connectivity index (χ0v) is 15.3. The molecule has 3 nitrogen and oxygen atoms in total. The first kappa shape index (κ1) is 18.6. The van der Waals surface area contributed by atoms with E-state index in [1.54, 1.807) is 6.92 Å². The van der Waals surface area contributed by atoms with Gasteiger partial charge in [-0.3, -0.25) is 9.59 Å². The molecule has 3 aromatic rings. The SMILES string of the molecule is CCC(=O)O.O=C1CC(c2ccccc2)(c2ccccc2)c2ccccc21. The Labute approximate surface area is 159 Å². The standard InChI is InChI=1S/C21H16O.C3H6O2/c22-20-15-21(16-9-3-1-4-10-16,17-11-5-2-6-12-17)19-14-8-7-13-18(19)20;1-2-3(4)5/h1-14H,15H2;2H2,1H3,(H,4,5). The summed E-state index contributed by atoms with van der Waals surface area (Å²) in [7, 11) is 0. The van der Waals surface area contributed by atoms with Gasteiger partial charge in [-0.1, -0.05) is 91.9 Å². The summed E-state index contributed by atoms with van der Waals surface area (Å²) >= 11 is 0. The fraction of sp³-hybridized carbons (Fsp3) is 0.167. The van der Waals surface area contributed by atoms with Crippen molar-refractivity contribution in [2.24, 2.45) is 0 Å². The third-order valence-electron chi connectivity index (χ3n) is 4.95. The molecule has 0 unspecified atom stereocenters. The molecule has 27 heavy (non-hydrogen) atoms. The second-order valence-corrected chi connectivity index (χ2v) is 6.53. The van der Waals surface area contributed by atoms with E-state index >= 15 is 0 Å². The molecule has 1 aliphatic carbocycles. The van der Waals surface area contributed by atoms with Crippen LogP contribution in [0.25, 0.3) is 0 Å². The van der Waals surface area contributed by atoms with Crippen molar-refractivity contribution < 1.29 is 14.7 Å². The van der Waals surface area contributed by atoms with Crippen molar-refractivity contribution >= 4 is 11.8 Å². The van der Waals surface area contributed by atoms with Crippen molar-refractivity contribution in [3.8, 4) is 0 Å². The van der Waals surface area contributed by atoms with E-state index in [0.717, 1.165) is 11.1 Å². The van der Waals surface area contributed by atoms with Gasteiger partial charge in [-0.05, 0) is 16.7 Å². The minimum atomic E-state index is -0.745. The summed E-state index contributed by atoms with van der Waals surface area (Å²) in [5, 5.41) is 7.72. The molecule has 0 heterocycles. The Balaban J connectivity index is 0.000000376. The van der Waals surface area contributed by atoms with Crippen LogP contribution >= 0.6 is 0 Å².